The Morgan fingerprint density at radius 3 is 1.70 bits per heavy atom. The summed E-state index contributed by atoms with van der Waals surface area (Å²) in [6.07, 6.45) is 4.71. The lowest BCUT2D eigenvalue weighted by Crippen LogP contribution is -2.40. The first-order valence-corrected chi connectivity index (χ1v) is 31.0. The largest absolute Gasteiger partial charge is 0.455 e. The molecule has 0 bridgehead atoms. The van der Waals surface area contributed by atoms with Gasteiger partial charge in [0.15, 0.2) is 0 Å². The van der Waals surface area contributed by atoms with Gasteiger partial charge in [0.1, 0.15) is 11.2 Å². The smallest absolute Gasteiger partial charge is 0.200 e. The fraction of sp³-hybridized carbons (Fsp3) is 0.324. The first kappa shape index (κ1) is 51.5. The molecule has 0 radical (unpaired) electrons. The van der Waals surface area contributed by atoms with Crippen molar-refractivity contribution in [2.24, 2.45) is 0 Å². The van der Waals surface area contributed by atoms with Gasteiger partial charge < -0.3 is 14.6 Å². The van der Waals surface area contributed by atoms with E-state index >= 15 is 0 Å². The zero-order valence-corrected chi connectivity index (χ0v) is 51.1. The topological polar surface area (TPSA) is 28.4 Å². The van der Waals surface area contributed by atoms with Crippen molar-refractivity contribution in [3.05, 3.63) is 173 Å². The molecule has 3 aromatic heterocycles. The molecule has 3 nitrogen and oxygen atoms in total. The number of furan rings is 1. The minimum absolute atomic E-state index is 0.0289. The Morgan fingerprint density at radius 1 is 0.487 bits per heavy atom. The fourth-order valence-electron chi connectivity index (χ4n) is 14.1. The molecule has 0 amide bonds. The second-order valence-corrected chi connectivity index (χ2v) is 30.8. The number of fused-ring (bicyclic) bond motifs is 12. The first-order valence-electron chi connectivity index (χ1n) is 29.4. The van der Waals surface area contributed by atoms with Crippen molar-refractivity contribution < 1.29 is 4.42 Å². The lowest BCUT2D eigenvalue weighted by Gasteiger charge is -2.42. The summed E-state index contributed by atoms with van der Waals surface area (Å²) in [4.78, 5) is 2.68. The van der Waals surface area contributed by atoms with Gasteiger partial charge >= 0.3 is 0 Å². The summed E-state index contributed by atoms with van der Waals surface area (Å²) in [5, 5.41) is 11.8. The third-order valence-corrected chi connectivity index (χ3v) is 21.7. The summed E-state index contributed by atoms with van der Waals surface area (Å²) in [5.41, 5.74) is 22.8. The predicted molar refractivity (Wildman–Crippen MR) is 352 cm³/mol. The molecule has 0 atom stereocenters. The van der Waals surface area contributed by atoms with E-state index in [1.54, 1.807) is 0 Å². The number of nitrogens with zero attached hydrogens (tertiary/aromatic N) is 1. The molecule has 11 aromatic rings. The van der Waals surface area contributed by atoms with Gasteiger partial charge in [-0.15, -0.1) is 22.7 Å². The van der Waals surface area contributed by atoms with Crippen LogP contribution in [-0.4, -0.2) is 7.28 Å². The monoisotopic (exact) mass is 1080 g/mol. The van der Waals surface area contributed by atoms with Gasteiger partial charge in [0.25, 0.3) is 0 Å². The van der Waals surface area contributed by atoms with E-state index in [0.29, 0.717) is 0 Å². The highest BCUT2D eigenvalue weighted by atomic mass is 32.1. The van der Waals surface area contributed by atoms with Crippen LogP contribution in [0.25, 0.3) is 74.5 Å². The average molecular weight is 1080 g/mol. The molecular weight excluding hydrogens is 1010 g/mol. The molecule has 80 heavy (non-hydrogen) atoms. The number of anilines is 5. The Kier molecular flexibility index (Phi) is 11.3. The Hall–Kier alpha value is -6.60. The quantitative estimate of drug-likeness (QED) is 0.174. The summed E-state index contributed by atoms with van der Waals surface area (Å²) in [6, 6.07) is 54.1. The van der Waals surface area contributed by atoms with Gasteiger partial charge in [-0.3, -0.25) is 0 Å². The van der Waals surface area contributed by atoms with Crippen molar-refractivity contribution in [3.8, 4) is 22.3 Å². The lowest BCUT2D eigenvalue weighted by atomic mass is 9.57. The van der Waals surface area contributed by atoms with Gasteiger partial charge in [-0.1, -0.05) is 176 Å². The molecule has 4 heterocycles. The van der Waals surface area contributed by atoms with Crippen molar-refractivity contribution >= 4 is 121 Å². The van der Waals surface area contributed by atoms with Gasteiger partial charge in [0.2, 0.25) is 7.28 Å². The first-order chi connectivity index (χ1) is 37.9. The normalized spacial score (nSPS) is 17.1. The molecule has 0 fully saturated rings. The van der Waals surface area contributed by atoms with Gasteiger partial charge in [-0.05, 0) is 174 Å². The van der Waals surface area contributed by atoms with Crippen LogP contribution in [0.1, 0.15) is 156 Å². The highest BCUT2D eigenvalue weighted by Crippen LogP contribution is 2.55. The number of hydrogen-bond acceptors (Lipinski definition) is 5. The second kappa shape index (κ2) is 17.5. The molecule has 0 spiro atoms. The molecule has 402 valence electrons. The molecule has 14 rings (SSSR count). The van der Waals surface area contributed by atoms with Crippen molar-refractivity contribution in [1.82, 2.24) is 0 Å². The molecule has 0 unspecified atom stereocenters. The average Bonchev–Trinajstić information content (AvgIpc) is 4.29. The number of nitrogens with one attached hydrogen (secondary N) is 1. The van der Waals surface area contributed by atoms with Crippen LogP contribution in [-0.2, 0) is 32.5 Å². The third kappa shape index (κ3) is 8.00. The summed E-state index contributed by atoms with van der Waals surface area (Å²) >= 11 is 3.93. The highest BCUT2D eigenvalue weighted by molar-refractivity contribution is 7.26. The van der Waals surface area contributed by atoms with Crippen LogP contribution >= 0.6 is 22.7 Å². The molecule has 3 aliphatic rings. The second-order valence-electron chi connectivity index (χ2n) is 28.7. The Morgan fingerprint density at radius 2 is 1.06 bits per heavy atom. The zero-order chi connectivity index (χ0) is 55.8. The van der Waals surface area contributed by atoms with Crippen molar-refractivity contribution in [2.75, 3.05) is 10.2 Å². The Balaban J connectivity index is 1.11. The van der Waals surface area contributed by atoms with Gasteiger partial charge in [-0.25, -0.2) is 0 Å². The number of thiophene rings is 2. The number of hydrogen-bond donors (Lipinski definition) is 1. The van der Waals surface area contributed by atoms with Gasteiger partial charge in [0.05, 0.1) is 21.1 Å². The third-order valence-electron chi connectivity index (χ3n) is 19.4. The standard InChI is InChI=1S/C74H75BN2OS2/c1-69(2,3)43-24-27-45(28-25-43)76-65-48(30-29-47-50-37-53-55(40-60(50)79-67(47)65)73(11,12)34-32-71(53,7)8)62-64-58(39-51-46-22-18-19-23-59(46)78-66(51)62)77(57-31-26-44(70(4,5)6)36-49(57)42-20-16-15-17-21-42)68-63(75-64)52-38-54-56(41-61(52)80-68)74(13,14)35-33-72(54,9)10/h15-31,36-41,75-76H,32-35H2,1-14H3. The predicted octanol–water partition coefficient (Wildman–Crippen LogP) is 20.7. The van der Waals surface area contributed by atoms with E-state index in [0.717, 1.165) is 51.7 Å². The molecule has 2 aliphatic carbocycles. The van der Waals surface area contributed by atoms with E-state index in [1.165, 1.54) is 128 Å². The van der Waals surface area contributed by atoms with Crippen LogP contribution in [0.5, 0.6) is 0 Å². The number of benzene rings is 8. The SMILES string of the molecule is CC(C)(C)c1ccc(Nc2c(-c3c4c(cc5c3oc3ccccc35)N(c3ccc(C(C)(C)C)cc3-c3ccccc3)c3sc5cc6c(cc5c3B4)C(C)(C)CCC6(C)C)ccc3c2sc2cc4c(cc23)C(C)(C)CCC4(C)C)cc1. The zero-order valence-electron chi connectivity index (χ0n) is 49.5. The van der Waals surface area contributed by atoms with E-state index in [2.05, 4.69) is 247 Å². The van der Waals surface area contributed by atoms with Crippen LogP contribution < -0.4 is 21.1 Å². The fourth-order valence-corrected chi connectivity index (χ4v) is 16.6. The van der Waals surface area contributed by atoms with E-state index < -0.39 is 0 Å². The molecular formula is C74H75BN2OS2. The number of para-hydroxylation sites is 1. The lowest BCUT2D eigenvalue weighted by molar-refractivity contribution is 0.332. The van der Waals surface area contributed by atoms with E-state index in [4.69, 9.17) is 4.42 Å². The van der Waals surface area contributed by atoms with Gasteiger partial charge in [-0.2, -0.15) is 0 Å². The van der Waals surface area contributed by atoms with Crippen LogP contribution in [0.2, 0.25) is 0 Å². The maximum Gasteiger partial charge on any atom is 0.200 e. The van der Waals surface area contributed by atoms with Crippen molar-refractivity contribution in [2.45, 2.75) is 155 Å². The summed E-state index contributed by atoms with van der Waals surface area (Å²) < 4.78 is 11.4. The van der Waals surface area contributed by atoms with Crippen molar-refractivity contribution in [3.63, 3.8) is 0 Å². The van der Waals surface area contributed by atoms with Crippen molar-refractivity contribution in [1.29, 1.82) is 0 Å². The highest BCUT2D eigenvalue weighted by Gasteiger charge is 2.41. The van der Waals surface area contributed by atoms with Crippen LogP contribution in [0.4, 0.5) is 27.8 Å². The molecule has 1 N–H and O–H groups in total. The van der Waals surface area contributed by atoms with E-state index in [-0.39, 0.29) is 32.5 Å². The Labute approximate surface area is 482 Å². The molecule has 0 saturated heterocycles. The summed E-state index contributed by atoms with van der Waals surface area (Å²) in [5.74, 6) is 0. The maximum atomic E-state index is 7.38. The molecule has 8 aromatic carbocycles. The molecule has 0 saturated carbocycles. The summed E-state index contributed by atoms with van der Waals surface area (Å²) in [6.45, 7) is 33.6. The van der Waals surface area contributed by atoms with Crippen LogP contribution in [0.3, 0.4) is 0 Å². The minimum Gasteiger partial charge on any atom is -0.455 e. The minimum atomic E-state index is -0.0498. The van der Waals surface area contributed by atoms with E-state index in [1.807, 2.05) is 22.7 Å². The van der Waals surface area contributed by atoms with Crippen LogP contribution in [0, 0.1) is 0 Å². The maximum absolute atomic E-state index is 7.38. The van der Waals surface area contributed by atoms with Gasteiger partial charge in [0, 0.05) is 59.0 Å². The Bertz CT molecular complexity index is 4380. The molecule has 6 heteroatoms. The molecule has 1 aliphatic heterocycles. The van der Waals surface area contributed by atoms with Crippen LogP contribution in [0.15, 0.2) is 144 Å². The van der Waals surface area contributed by atoms with E-state index in [9.17, 15) is 0 Å². The number of rotatable bonds is 5. The summed E-state index contributed by atoms with van der Waals surface area (Å²) in [7, 11) is 0.758.